The average molecular weight is 430 g/mol. The predicted molar refractivity (Wildman–Crippen MR) is 96.2 cm³/mol. The van der Waals surface area contributed by atoms with E-state index in [1.165, 1.54) is 23.5 Å². The van der Waals surface area contributed by atoms with Gasteiger partial charge in [0.2, 0.25) is 10.0 Å². The number of hydrogen-bond acceptors (Lipinski definition) is 6. The van der Waals surface area contributed by atoms with E-state index in [1.807, 2.05) is 5.32 Å². The number of carbonyl (C=O) groups is 1. The van der Waals surface area contributed by atoms with E-state index in [0.717, 1.165) is 6.07 Å². The zero-order valence-electron chi connectivity index (χ0n) is 14.6. The third-order valence-electron chi connectivity index (χ3n) is 3.83. The van der Waals surface area contributed by atoms with Crippen LogP contribution in [0.4, 0.5) is 8.78 Å². The number of sulfonamides is 1. The largest absolute Gasteiger partial charge is 0.496 e. The number of nitrogens with one attached hydrogen (secondary N) is 1. The highest BCUT2D eigenvalue weighted by Gasteiger charge is 2.30. The standard InChI is InChI=1S/C15H21F2N3O5S.ClH/c1-24-13-3-2-11(26(22,23)20-4-6-25-7-5-20)8-12(13)14(21)19-10-15(16,17)9-18;/h2-3,8H,4-7,9-10,18H2,1H3,(H,19,21);1H. The Hall–Kier alpha value is -1.53. The monoisotopic (exact) mass is 429 g/mol. The van der Waals surface area contributed by atoms with E-state index in [4.69, 9.17) is 15.2 Å². The van der Waals surface area contributed by atoms with Gasteiger partial charge in [-0.2, -0.15) is 4.31 Å². The van der Waals surface area contributed by atoms with Crippen LogP contribution in [0.3, 0.4) is 0 Å². The molecule has 2 rings (SSSR count). The Morgan fingerprint density at radius 1 is 1.37 bits per heavy atom. The van der Waals surface area contributed by atoms with Crippen molar-refractivity contribution in [3.05, 3.63) is 23.8 Å². The Morgan fingerprint density at radius 2 is 2.00 bits per heavy atom. The fourth-order valence-electron chi connectivity index (χ4n) is 2.34. The van der Waals surface area contributed by atoms with Gasteiger partial charge in [-0.1, -0.05) is 0 Å². The lowest BCUT2D eigenvalue weighted by Crippen LogP contribution is -2.42. The molecule has 12 heteroatoms. The second-order valence-electron chi connectivity index (χ2n) is 5.62. The Balaban J connectivity index is 0.00000364. The van der Waals surface area contributed by atoms with Gasteiger partial charge in [0.1, 0.15) is 5.75 Å². The molecule has 0 atom stereocenters. The molecule has 154 valence electrons. The maximum absolute atomic E-state index is 13.2. The van der Waals surface area contributed by atoms with Crippen molar-refractivity contribution >= 4 is 28.3 Å². The molecule has 0 spiro atoms. The number of alkyl halides is 2. The minimum absolute atomic E-state index is 0. The molecule has 0 unspecified atom stereocenters. The van der Waals surface area contributed by atoms with E-state index >= 15 is 0 Å². The van der Waals surface area contributed by atoms with Crippen molar-refractivity contribution in [1.29, 1.82) is 0 Å². The number of morpholine rings is 1. The number of rotatable bonds is 7. The number of ether oxygens (including phenoxy) is 2. The highest BCUT2D eigenvalue weighted by atomic mass is 35.5. The van der Waals surface area contributed by atoms with Gasteiger partial charge in [-0.3, -0.25) is 4.79 Å². The van der Waals surface area contributed by atoms with E-state index < -0.39 is 34.9 Å². The topological polar surface area (TPSA) is 111 Å². The predicted octanol–water partition coefficient (Wildman–Crippen LogP) is 0.462. The van der Waals surface area contributed by atoms with E-state index in [-0.39, 0.29) is 54.9 Å². The maximum Gasteiger partial charge on any atom is 0.277 e. The second-order valence-corrected chi connectivity index (χ2v) is 7.56. The zero-order chi connectivity index (χ0) is 19.4. The van der Waals surface area contributed by atoms with Crippen LogP contribution in [0.15, 0.2) is 23.1 Å². The molecule has 1 aliphatic rings. The highest BCUT2D eigenvalue weighted by molar-refractivity contribution is 7.89. The average Bonchev–Trinajstić information content (AvgIpc) is 2.66. The van der Waals surface area contributed by atoms with Crippen molar-refractivity contribution in [2.24, 2.45) is 5.73 Å². The Labute approximate surface area is 162 Å². The first-order chi connectivity index (χ1) is 12.2. The smallest absolute Gasteiger partial charge is 0.277 e. The molecule has 0 saturated carbocycles. The molecule has 27 heavy (non-hydrogen) atoms. The van der Waals surface area contributed by atoms with Crippen molar-refractivity contribution in [1.82, 2.24) is 9.62 Å². The molecule has 1 aliphatic heterocycles. The number of nitrogens with two attached hydrogens (primary N) is 1. The van der Waals surface area contributed by atoms with Crippen molar-refractivity contribution in [3.63, 3.8) is 0 Å². The Bertz CT molecular complexity index is 758. The summed E-state index contributed by atoms with van der Waals surface area (Å²) < 4.78 is 63.3. The normalized spacial score (nSPS) is 15.7. The Kier molecular flexibility index (Phi) is 8.36. The minimum Gasteiger partial charge on any atom is -0.496 e. The molecule has 0 radical (unpaired) electrons. The number of benzene rings is 1. The van der Waals surface area contributed by atoms with Crippen molar-refractivity contribution in [2.75, 3.05) is 46.5 Å². The fraction of sp³-hybridized carbons (Fsp3) is 0.533. The molecular weight excluding hydrogens is 408 g/mol. The van der Waals surface area contributed by atoms with Crippen LogP contribution >= 0.6 is 12.4 Å². The van der Waals surface area contributed by atoms with Gasteiger partial charge in [0, 0.05) is 13.1 Å². The number of methoxy groups -OCH3 is 1. The zero-order valence-corrected chi connectivity index (χ0v) is 16.2. The van der Waals surface area contributed by atoms with Crippen molar-refractivity contribution in [3.8, 4) is 5.75 Å². The van der Waals surface area contributed by atoms with Crippen LogP contribution in [-0.2, 0) is 14.8 Å². The lowest BCUT2D eigenvalue weighted by Gasteiger charge is -2.26. The minimum atomic E-state index is -3.84. The summed E-state index contributed by atoms with van der Waals surface area (Å²) in [4.78, 5) is 12.1. The first kappa shape index (κ1) is 23.5. The van der Waals surface area contributed by atoms with Gasteiger partial charge in [-0.05, 0) is 18.2 Å². The van der Waals surface area contributed by atoms with Crippen LogP contribution in [-0.4, -0.2) is 71.1 Å². The van der Waals surface area contributed by atoms with Crippen molar-refractivity contribution < 1.29 is 31.5 Å². The number of halogens is 3. The highest BCUT2D eigenvalue weighted by Crippen LogP contribution is 2.25. The van der Waals surface area contributed by atoms with Crippen molar-refractivity contribution in [2.45, 2.75) is 10.8 Å². The molecule has 3 N–H and O–H groups in total. The van der Waals surface area contributed by atoms with Crippen LogP contribution in [0.1, 0.15) is 10.4 Å². The van der Waals surface area contributed by atoms with Gasteiger partial charge >= 0.3 is 0 Å². The quantitative estimate of drug-likeness (QED) is 0.651. The number of carbonyl (C=O) groups excluding carboxylic acids is 1. The molecule has 1 aromatic rings. The van der Waals surface area contributed by atoms with Gasteiger partial charge in [-0.15, -0.1) is 12.4 Å². The van der Waals surface area contributed by atoms with Gasteiger partial charge in [0.25, 0.3) is 11.8 Å². The summed E-state index contributed by atoms with van der Waals surface area (Å²) in [6.45, 7) is -0.952. The summed E-state index contributed by atoms with van der Waals surface area (Å²) in [7, 11) is -2.55. The molecule has 8 nitrogen and oxygen atoms in total. The summed E-state index contributed by atoms with van der Waals surface area (Å²) >= 11 is 0. The molecule has 1 amide bonds. The van der Waals surface area contributed by atoms with Crippen LogP contribution < -0.4 is 15.8 Å². The van der Waals surface area contributed by atoms with E-state index in [1.54, 1.807) is 0 Å². The van der Waals surface area contributed by atoms with Gasteiger partial charge < -0.3 is 20.5 Å². The molecule has 1 aromatic carbocycles. The second kappa shape index (κ2) is 9.60. The number of amides is 1. The fourth-order valence-corrected chi connectivity index (χ4v) is 3.77. The van der Waals surface area contributed by atoms with Gasteiger partial charge in [0.15, 0.2) is 0 Å². The molecule has 1 heterocycles. The summed E-state index contributed by atoms with van der Waals surface area (Å²) in [5.41, 5.74) is 4.77. The number of hydrogen-bond donors (Lipinski definition) is 2. The molecule has 1 saturated heterocycles. The molecule has 1 fully saturated rings. The van der Waals surface area contributed by atoms with E-state index in [9.17, 15) is 22.0 Å². The third-order valence-corrected chi connectivity index (χ3v) is 5.72. The lowest BCUT2D eigenvalue weighted by atomic mass is 10.2. The lowest BCUT2D eigenvalue weighted by molar-refractivity contribution is 0.0118. The van der Waals surface area contributed by atoms with E-state index in [0.29, 0.717) is 0 Å². The molecular formula is C15H22ClF2N3O5S. The molecule has 0 aromatic heterocycles. The summed E-state index contributed by atoms with van der Waals surface area (Å²) in [5, 5.41) is 2.05. The van der Waals surface area contributed by atoms with Gasteiger partial charge in [0.05, 0.1) is 43.9 Å². The first-order valence-electron chi connectivity index (χ1n) is 7.83. The van der Waals surface area contributed by atoms with Gasteiger partial charge in [-0.25, -0.2) is 17.2 Å². The van der Waals surface area contributed by atoms with Crippen LogP contribution in [0, 0.1) is 0 Å². The summed E-state index contributed by atoms with van der Waals surface area (Å²) in [6.07, 6.45) is 0. The summed E-state index contributed by atoms with van der Waals surface area (Å²) in [5.74, 6) is -4.08. The van der Waals surface area contributed by atoms with Crippen LogP contribution in [0.2, 0.25) is 0 Å². The molecule has 0 bridgehead atoms. The SMILES string of the molecule is COc1ccc(S(=O)(=O)N2CCOCC2)cc1C(=O)NCC(F)(F)CN.Cl. The maximum atomic E-state index is 13.2. The van der Waals surface area contributed by atoms with E-state index in [2.05, 4.69) is 0 Å². The van der Waals surface area contributed by atoms with Crippen LogP contribution in [0.25, 0.3) is 0 Å². The molecule has 0 aliphatic carbocycles. The first-order valence-corrected chi connectivity index (χ1v) is 9.27. The Morgan fingerprint density at radius 3 is 2.56 bits per heavy atom. The van der Waals surface area contributed by atoms with Crippen LogP contribution in [0.5, 0.6) is 5.75 Å². The summed E-state index contributed by atoms with van der Waals surface area (Å²) in [6, 6.07) is 3.72. The third kappa shape index (κ3) is 5.72. The number of nitrogens with zero attached hydrogens (tertiary/aromatic N) is 1.